The lowest BCUT2D eigenvalue weighted by Crippen LogP contribution is -2.02. The van der Waals surface area contributed by atoms with Crippen LogP contribution in [0.2, 0.25) is 0 Å². The number of anilines is 1. The van der Waals surface area contributed by atoms with E-state index in [1.807, 2.05) is 6.07 Å². The number of aromatic nitrogens is 6. The standard InChI is InChI=1S/C23H15F2N7O/c24-15-3-4-19-17(8-15)22(32-33-19)27-9-13-2-1-12(7-18(13)25)16-5-6-26-23-20(16)30-21(31-23)14-10-28-29-11-14/h1-8,10-11H,9H2,(H,27,32)(H,28,29)(H,26,30,31). The van der Waals surface area contributed by atoms with Crippen LogP contribution in [0.25, 0.3) is 44.6 Å². The summed E-state index contributed by atoms with van der Waals surface area (Å²) in [5.74, 6) is 0.181. The molecular formula is C23H15F2N7O. The van der Waals surface area contributed by atoms with E-state index in [1.54, 1.807) is 30.7 Å². The summed E-state index contributed by atoms with van der Waals surface area (Å²) >= 11 is 0. The summed E-state index contributed by atoms with van der Waals surface area (Å²) < 4.78 is 33.7. The molecular weight excluding hydrogens is 428 g/mol. The molecule has 0 aliphatic carbocycles. The number of halogens is 2. The van der Waals surface area contributed by atoms with Gasteiger partial charge in [-0.2, -0.15) is 5.10 Å². The highest BCUT2D eigenvalue weighted by Crippen LogP contribution is 2.30. The third kappa shape index (κ3) is 3.37. The zero-order chi connectivity index (χ0) is 22.4. The highest BCUT2D eigenvalue weighted by molar-refractivity contribution is 5.91. The summed E-state index contributed by atoms with van der Waals surface area (Å²) in [5.41, 5.74) is 4.33. The van der Waals surface area contributed by atoms with Gasteiger partial charge in [-0.3, -0.25) is 5.10 Å². The van der Waals surface area contributed by atoms with Crippen LogP contribution in [0, 0.1) is 11.6 Å². The van der Waals surface area contributed by atoms with Gasteiger partial charge in [0.1, 0.15) is 23.0 Å². The monoisotopic (exact) mass is 443 g/mol. The first kappa shape index (κ1) is 19.1. The van der Waals surface area contributed by atoms with Crippen molar-refractivity contribution in [1.29, 1.82) is 0 Å². The Bertz CT molecular complexity index is 1600. The fraction of sp³-hybridized carbons (Fsp3) is 0.0435. The van der Waals surface area contributed by atoms with Gasteiger partial charge in [0.2, 0.25) is 0 Å². The van der Waals surface area contributed by atoms with Gasteiger partial charge in [-0.25, -0.2) is 18.7 Å². The summed E-state index contributed by atoms with van der Waals surface area (Å²) in [4.78, 5) is 12.1. The topological polar surface area (TPSA) is 108 Å². The van der Waals surface area contributed by atoms with Crippen LogP contribution in [-0.4, -0.2) is 30.3 Å². The van der Waals surface area contributed by atoms with Crippen molar-refractivity contribution in [2.24, 2.45) is 0 Å². The minimum absolute atomic E-state index is 0.156. The molecule has 4 heterocycles. The van der Waals surface area contributed by atoms with Crippen LogP contribution >= 0.6 is 0 Å². The number of aromatic amines is 2. The van der Waals surface area contributed by atoms with E-state index in [0.717, 1.165) is 11.1 Å². The summed E-state index contributed by atoms with van der Waals surface area (Å²) in [5, 5.41) is 14.1. The number of fused-ring (bicyclic) bond motifs is 2. The van der Waals surface area contributed by atoms with Crippen LogP contribution in [-0.2, 0) is 6.54 Å². The molecule has 0 atom stereocenters. The van der Waals surface area contributed by atoms with Crippen LogP contribution in [0.15, 0.2) is 65.6 Å². The zero-order valence-corrected chi connectivity index (χ0v) is 16.9. The Balaban J connectivity index is 1.29. The van der Waals surface area contributed by atoms with Gasteiger partial charge in [-0.1, -0.05) is 17.3 Å². The molecule has 0 fully saturated rings. The number of benzene rings is 2. The number of hydrogen-bond acceptors (Lipinski definition) is 6. The molecule has 33 heavy (non-hydrogen) atoms. The van der Waals surface area contributed by atoms with Gasteiger partial charge < -0.3 is 14.8 Å². The second-order valence-corrected chi connectivity index (χ2v) is 7.46. The number of H-pyrrole nitrogens is 2. The lowest BCUT2D eigenvalue weighted by Gasteiger charge is -2.08. The molecule has 4 aromatic heterocycles. The maximum absolute atomic E-state index is 15.0. The van der Waals surface area contributed by atoms with E-state index < -0.39 is 11.6 Å². The second-order valence-electron chi connectivity index (χ2n) is 7.46. The third-order valence-electron chi connectivity index (χ3n) is 5.40. The van der Waals surface area contributed by atoms with E-state index in [0.29, 0.717) is 44.9 Å². The second kappa shape index (κ2) is 7.52. The van der Waals surface area contributed by atoms with Crippen molar-refractivity contribution >= 4 is 28.0 Å². The molecule has 162 valence electrons. The van der Waals surface area contributed by atoms with Gasteiger partial charge in [-0.05, 0) is 35.9 Å². The molecule has 0 amide bonds. The van der Waals surface area contributed by atoms with E-state index in [-0.39, 0.29) is 6.54 Å². The Morgan fingerprint density at radius 1 is 1.03 bits per heavy atom. The van der Waals surface area contributed by atoms with Gasteiger partial charge in [-0.15, -0.1) is 0 Å². The normalized spacial score (nSPS) is 11.5. The third-order valence-corrected chi connectivity index (χ3v) is 5.40. The minimum atomic E-state index is -0.401. The largest absolute Gasteiger partial charge is 0.363 e. The van der Waals surface area contributed by atoms with Gasteiger partial charge in [0.15, 0.2) is 17.0 Å². The average Bonchev–Trinajstić information content (AvgIpc) is 3.57. The molecule has 0 spiro atoms. The van der Waals surface area contributed by atoms with Crippen molar-refractivity contribution in [1.82, 2.24) is 30.3 Å². The van der Waals surface area contributed by atoms with E-state index in [2.05, 4.69) is 35.6 Å². The van der Waals surface area contributed by atoms with Gasteiger partial charge >= 0.3 is 0 Å². The summed E-state index contributed by atoms with van der Waals surface area (Å²) in [6.07, 6.45) is 5.04. The maximum Gasteiger partial charge on any atom is 0.177 e. The number of nitrogens with one attached hydrogen (secondary N) is 3. The Labute approximate surface area is 184 Å². The Morgan fingerprint density at radius 2 is 1.97 bits per heavy atom. The van der Waals surface area contributed by atoms with Crippen molar-refractivity contribution in [2.45, 2.75) is 6.54 Å². The SMILES string of the molecule is Fc1ccc2onc(NCc3ccc(-c4ccnc5[nH]c(-c6cn[nH]c6)nc45)cc3F)c2c1. The van der Waals surface area contributed by atoms with Crippen LogP contribution < -0.4 is 5.32 Å². The summed E-state index contributed by atoms with van der Waals surface area (Å²) in [7, 11) is 0. The number of imidazole rings is 1. The first-order valence-electron chi connectivity index (χ1n) is 10.1. The van der Waals surface area contributed by atoms with Crippen molar-refractivity contribution in [3.8, 4) is 22.5 Å². The number of rotatable bonds is 5. The van der Waals surface area contributed by atoms with Crippen LogP contribution in [0.1, 0.15) is 5.56 Å². The Morgan fingerprint density at radius 3 is 2.82 bits per heavy atom. The van der Waals surface area contributed by atoms with E-state index in [1.165, 1.54) is 24.3 Å². The molecule has 3 N–H and O–H groups in total. The fourth-order valence-corrected chi connectivity index (χ4v) is 3.74. The molecule has 6 aromatic rings. The summed E-state index contributed by atoms with van der Waals surface area (Å²) in [6.45, 7) is 0.156. The average molecular weight is 443 g/mol. The molecule has 6 rings (SSSR count). The van der Waals surface area contributed by atoms with E-state index in [9.17, 15) is 8.78 Å². The predicted molar refractivity (Wildman–Crippen MR) is 118 cm³/mol. The Hall–Kier alpha value is -4.60. The minimum Gasteiger partial charge on any atom is -0.363 e. The van der Waals surface area contributed by atoms with Crippen LogP contribution in [0.3, 0.4) is 0 Å². The van der Waals surface area contributed by atoms with Crippen molar-refractivity contribution in [3.63, 3.8) is 0 Å². The molecule has 0 saturated heterocycles. The lowest BCUT2D eigenvalue weighted by atomic mass is 10.0. The van der Waals surface area contributed by atoms with E-state index >= 15 is 0 Å². The highest BCUT2D eigenvalue weighted by atomic mass is 19.1. The molecule has 0 aliphatic rings. The molecule has 10 heteroatoms. The molecule has 0 aliphatic heterocycles. The van der Waals surface area contributed by atoms with Gasteiger partial charge in [0.05, 0.1) is 17.1 Å². The first-order chi connectivity index (χ1) is 16.2. The number of hydrogen-bond donors (Lipinski definition) is 3. The van der Waals surface area contributed by atoms with Gasteiger partial charge in [0.25, 0.3) is 0 Å². The molecule has 8 nitrogen and oxygen atoms in total. The van der Waals surface area contributed by atoms with Crippen LogP contribution in [0.5, 0.6) is 0 Å². The molecule has 0 saturated carbocycles. The maximum atomic E-state index is 15.0. The molecule has 0 bridgehead atoms. The highest BCUT2D eigenvalue weighted by Gasteiger charge is 2.14. The first-order valence-corrected chi connectivity index (χ1v) is 10.1. The van der Waals surface area contributed by atoms with Crippen molar-refractivity contribution in [3.05, 3.63) is 78.3 Å². The molecule has 0 radical (unpaired) electrons. The summed E-state index contributed by atoms with van der Waals surface area (Å²) in [6, 6.07) is 10.9. The quantitative estimate of drug-likeness (QED) is 0.344. The van der Waals surface area contributed by atoms with Crippen LogP contribution in [0.4, 0.5) is 14.6 Å². The predicted octanol–water partition coefficient (Wildman–Crippen LogP) is 5.05. The molecule has 0 unspecified atom stereocenters. The Kier molecular flexibility index (Phi) is 4.35. The van der Waals surface area contributed by atoms with Crippen molar-refractivity contribution < 1.29 is 13.3 Å². The number of pyridine rings is 1. The zero-order valence-electron chi connectivity index (χ0n) is 16.9. The van der Waals surface area contributed by atoms with E-state index in [4.69, 9.17) is 4.52 Å². The number of nitrogens with zero attached hydrogens (tertiary/aromatic N) is 4. The van der Waals surface area contributed by atoms with Gasteiger partial charge in [0, 0.05) is 30.1 Å². The lowest BCUT2D eigenvalue weighted by molar-refractivity contribution is 0.459. The fourth-order valence-electron chi connectivity index (χ4n) is 3.74. The molecule has 2 aromatic carbocycles. The smallest absolute Gasteiger partial charge is 0.177 e. The van der Waals surface area contributed by atoms with Crippen molar-refractivity contribution in [2.75, 3.05) is 5.32 Å².